The van der Waals surface area contributed by atoms with E-state index in [-0.39, 0.29) is 16.4 Å². The lowest BCUT2D eigenvalue weighted by Gasteiger charge is -2.39. The maximum atomic E-state index is 13.0. The molecule has 1 aromatic rings. The predicted octanol–water partition coefficient (Wildman–Crippen LogP) is 3.08. The summed E-state index contributed by atoms with van der Waals surface area (Å²) in [6, 6.07) is 6.19. The molecule has 0 unspecified atom stereocenters. The van der Waals surface area contributed by atoms with Crippen molar-refractivity contribution in [2.75, 3.05) is 24.7 Å². The van der Waals surface area contributed by atoms with Crippen molar-refractivity contribution in [1.29, 1.82) is 0 Å². The molecule has 0 saturated carbocycles. The van der Waals surface area contributed by atoms with Crippen molar-refractivity contribution >= 4 is 15.5 Å². The molecule has 1 atom stereocenters. The van der Waals surface area contributed by atoms with Gasteiger partial charge in [-0.3, -0.25) is 0 Å². The van der Waals surface area contributed by atoms with Crippen LogP contribution in [0.2, 0.25) is 0 Å². The summed E-state index contributed by atoms with van der Waals surface area (Å²) in [5, 5.41) is 0. The van der Waals surface area contributed by atoms with Crippen LogP contribution in [-0.4, -0.2) is 40.0 Å². The summed E-state index contributed by atoms with van der Waals surface area (Å²) >= 11 is 0. The zero-order chi connectivity index (χ0) is 16.7. The van der Waals surface area contributed by atoms with E-state index in [4.69, 9.17) is 4.74 Å². The van der Waals surface area contributed by atoms with Gasteiger partial charge in [0.1, 0.15) is 0 Å². The van der Waals surface area contributed by atoms with Gasteiger partial charge in [-0.15, -0.1) is 0 Å². The highest BCUT2D eigenvalue weighted by molar-refractivity contribution is 7.91. The molecule has 0 N–H and O–H groups in total. The fourth-order valence-corrected chi connectivity index (χ4v) is 4.82. The molecule has 7 heteroatoms. The summed E-state index contributed by atoms with van der Waals surface area (Å²) in [5.41, 5.74) is 0.476. The van der Waals surface area contributed by atoms with Crippen LogP contribution in [0.1, 0.15) is 26.2 Å². The Labute approximate surface area is 135 Å². The Morgan fingerprint density at radius 2 is 1.87 bits per heavy atom. The summed E-state index contributed by atoms with van der Waals surface area (Å²) < 4.78 is 55.4. The lowest BCUT2D eigenvalue weighted by Crippen LogP contribution is -2.41. The van der Waals surface area contributed by atoms with E-state index in [0.717, 1.165) is 19.3 Å². The molecule has 1 spiro atoms. The summed E-state index contributed by atoms with van der Waals surface area (Å²) in [6.45, 7) is 4.14. The fourth-order valence-electron chi connectivity index (χ4n) is 3.88. The van der Waals surface area contributed by atoms with Gasteiger partial charge >= 0.3 is 5.76 Å². The van der Waals surface area contributed by atoms with Gasteiger partial charge in [0, 0.05) is 25.8 Å². The quantitative estimate of drug-likeness (QED) is 0.845. The van der Waals surface area contributed by atoms with E-state index in [9.17, 15) is 17.2 Å². The predicted molar refractivity (Wildman–Crippen MR) is 83.5 cm³/mol. The Balaban J connectivity index is 1.98. The number of sulfone groups is 1. The van der Waals surface area contributed by atoms with E-state index in [1.807, 2.05) is 4.90 Å². The second kappa shape index (κ2) is 6.02. The van der Waals surface area contributed by atoms with Gasteiger partial charge < -0.3 is 9.64 Å². The number of alkyl halides is 2. The average molecular weight is 345 g/mol. The molecule has 128 valence electrons. The Morgan fingerprint density at radius 3 is 2.52 bits per heavy atom. The number of halogens is 2. The number of hydrogen-bond donors (Lipinski definition) is 0. The summed E-state index contributed by atoms with van der Waals surface area (Å²) in [6.07, 6.45) is 2.78. The highest BCUT2D eigenvalue weighted by Crippen LogP contribution is 2.47. The summed E-state index contributed by atoms with van der Waals surface area (Å²) in [7, 11) is -4.61. The van der Waals surface area contributed by atoms with Crippen LogP contribution in [0.15, 0.2) is 29.2 Å². The third kappa shape index (κ3) is 2.74. The summed E-state index contributed by atoms with van der Waals surface area (Å²) in [5.74, 6) is -3.40. The Bertz CT molecular complexity index is 672. The van der Waals surface area contributed by atoms with Crippen LogP contribution in [0.25, 0.3) is 0 Å². The lowest BCUT2D eigenvalue weighted by molar-refractivity contribution is 0.0128. The van der Waals surface area contributed by atoms with Gasteiger partial charge in [0.05, 0.1) is 10.6 Å². The number of benzene rings is 1. The van der Waals surface area contributed by atoms with E-state index >= 15 is 0 Å². The molecule has 2 aliphatic rings. The standard InChI is InChI=1S/C16H21F2NO3S/c1-12-16(7-10-22-11-8-16)6-9-19(12)13-4-2-3-5-14(13)23(20,21)15(17)18/h2-5,12,15H,6-11H2,1H3/t12-/m0/s1. The van der Waals surface area contributed by atoms with E-state index < -0.39 is 15.6 Å². The van der Waals surface area contributed by atoms with Gasteiger partial charge in [-0.05, 0) is 43.7 Å². The first-order chi connectivity index (χ1) is 10.9. The van der Waals surface area contributed by atoms with Gasteiger partial charge in [0.15, 0.2) is 0 Å². The fraction of sp³-hybridized carbons (Fsp3) is 0.625. The molecule has 0 aromatic heterocycles. The van der Waals surface area contributed by atoms with Crippen molar-refractivity contribution in [3.63, 3.8) is 0 Å². The highest BCUT2D eigenvalue weighted by atomic mass is 32.2. The monoisotopic (exact) mass is 345 g/mol. The molecule has 0 radical (unpaired) electrons. The van der Waals surface area contributed by atoms with Crippen molar-refractivity contribution in [2.45, 2.75) is 42.9 Å². The van der Waals surface area contributed by atoms with Gasteiger partial charge in [-0.25, -0.2) is 8.42 Å². The SMILES string of the molecule is C[C@@H]1N(c2ccccc2S(=O)(=O)C(F)F)CCC12CCOCC2. The maximum Gasteiger partial charge on any atom is 0.341 e. The molecular weight excluding hydrogens is 324 g/mol. The van der Waals surface area contributed by atoms with E-state index in [2.05, 4.69) is 6.92 Å². The first-order valence-electron chi connectivity index (χ1n) is 7.84. The molecule has 4 nitrogen and oxygen atoms in total. The molecule has 1 aromatic carbocycles. The number of nitrogens with zero attached hydrogens (tertiary/aromatic N) is 1. The topological polar surface area (TPSA) is 46.6 Å². The minimum absolute atomic E-state index is 0.0833. The van der Waals surface area contributed by atoms with Crippen LogP contribution < -0.4 is 4.90 Å². The van der Waals surface area contributed by atoms with Crippen molar-refractivity contribution in [3.8, 4) is 0 Å². The second-order valence-electron chi connectivity index (χ2n) is 6.37. The molecule has 2 fully saturated rings. The minimum atomic E-state index is -4.61. The molecule has 2 saturated heterocycles. The van der Waals surface area contributed by atoms with E-state index in [1.165, 1.54) is 12.1 Å². The smallest absolute Gasteiger partial charge is 0.341 e. The molecule has 0 amide bonds. The van der Waals surface area contributed by atoms with Gasteiger partial charge in [-0.1, -0.05) is 12.1 Å². The molecule has 23 heavy (non-hydrogen) atoms. The number of anilines is 1. The first-order valence-corrected chi connectivity index (χ1v) is 9.39. The van der Waals surface area contributed by atoms with Crippen LogP contribution >= 0.6 is 0 Å². The van der Waals surface area contributed by atoms with Crippen LogP contribution in [0.3, 0.4) is 0 Å². The lowest BCUT2D eigenvalue weighted by atomic mass is 9.74. The average Bonchev–Trinajstić information content (AvgIpc) is 2.85. The maximum absolute atomic E-state index is 13.0. The molecular formula is C16H21F2NO3S. The zero-order valence-electron chi connectivity index (χ0n) is 13.0. The summed E-state index contributed by atoms with van der Waals surface area (Å²) in [4.78, 5) is 1.70. The van der Waals surface area contributed by atoms with Gasteiger partial charge in [0.25, 0.3) is 0 Å². The van der Waals surface area contributed by atoms with E-state index in [0.29, 0.717) is 25.4 Å². The van der Waals surface area contributed by atoms with Crippen LogP contribution in [0.4, 0.5) is 14.5 Å². The number of hydrogen-bond acceptors (Lipinski definition) is 4. The van der Waals surface area contributed by atoms with Gasteiger partial charge in [-0.2, -0.15) is 8.78 Å². The normalized spacial score (nSPS) is 24.5. The molecule has 0 aliphatic carbocycles. The molecule has 2 aliphatic heterocycles. The third-order valence-electron chi connectivity index (χ3n) is 5.41. The van der Waals surface area contributed by atoms with Crippen LogP contribution in [0.5, 0.6) is 0 Å². The van der Waals surface area contributed by atoms with Gasteiger partial charge in [0.2, 0.25) is 9.84 Å². The Kier molecular flexibility index (Phi) is 4.35. The first kappa shape index (κ1) is 16.6. The molecule has 2 heterocycles. The van der Waals surface area contributed by atoms with Crippen molar-refractivity contribution < 1.29 is 21.9 Å². The third-order valence-corrected chi connectivity index (χ3v) is 6.84. The van der Waals surface area contributed by atoms with Crippen LogP contribution in [-0.2, 0) is 14.6 Å². The second-order valence-corrected chi connectivity index (χ2v) is 8.25. The van der Waals surface area contributed by atoms with Crippen LogP contribution in [0, 0.1) is 5.41 Å². The highest BCUT2D eigenvalue weighted by Gasteiger charge is 2.46. The van der Waals surface area contributed by atoms with Crippen molar-refractivity contribution in [1.82, 2.24) is 0 Å². The molecule has 3 rings (SSSR count). The zero-order valence-corrected chi connectivity index (χ0v) is 13.9. The Morgan fingerprint density at radius 1 is 1.22 bits per heavy atom. The van der Waals surface area contributed by atoms with Crippen molar-refractivity contribution in [2.24, 2.45) is 5.41 Å². The largest absolute Gasteiger partial charge is 0.381 e. The Hall–Kier alpha value is -1.21. The number of rotatable bonds is 3. The molecule has 0 bridgehead atoms. The number of ether oxygens (including phenoxy) is 1. The minimum Gasteiger partial charge on any atom is -0.381 e. The van der Waals surface area contributed by atoms with E-state index in [1.54, 1.807) is 12.1 Å². The number of para-hydroxylation sites is 1. The van der Waals surface area contributed by atoms with Crippen molar-refractivity contribution in [3.05, 3.63) is 24.3 Å².